The molecule has 0 amide bonds. The quantitative estimate of drug-likeness (QED) is 0.687. The maximum Gasteiger partial charge on any atom is 0.0527 e. The maximum atomic E-state index is 4.43. The van der Waals surface area contributed by atoms with Crippen LogP contribution in [0.2, 0.25) is 0 Å². The van der Waals surface area contributed by atoms with Crippen LogP contribution in [0.15, 0.2) is 6.20 Å². The molecule has 0 aliphatic heterocycles. The Hall–Kier alpha value is -0.790. The first kappa shape index (κ1) is 16.2. The summed E-state index contributed by atoms with van der Waals surface area (Å²) in [5.74, 6) is 0.713. The first-order valence-corrected chi connectivity index (χ1v) is 7.26. The second kappa shape index (κ2) is 9.26. The predicted octanol–water partition coefficient (Wildman–Crippen LogP) is 4.92. The molecule has 0 aromatic carbocycles. The summed E-state index contributed by atoms with van der Waals surface area (Å²) in [4.78, 5) is 0. The van der Waals surface area contributed by atoms with Gasteiger partial charge in [0.15, 0.2) is 0 Å². The largest absolute Gasteiger partial charge is 0.270 e. The Morgan fingerprint density at radius 2 is 1.88 bits per heavy atom. The van der Waals surface area contributed by atoms with Gasteiger partial charge >= 0.3 is 0 Å². The molecule has 0 aliphatic carbocycles. The zero-order valence-electron chi connectivity index (χ0n) is 12.6. The van der Waals surface area contributed by atoms with E-state index in [2.05, 4.69) is 43.7 Å². The average Bonchev–Trinajstić information content (AvgIpc) is 2.74. The van der Waals surface area contributed by atoms with E-state index in [1.165, 1.54) is 36.9 Å². The van der Waals surface area contributed by atoms with Gasteiger partial charge in [-0.1, -0.05) is 40.5 Å². The van der Waals surface area contributed by atoms with Crippen molar-refractivity contribution in [3.63, 3.8) is 0 Å². The van der Waals surface area contributed by atoms with Crippen LogP contribution in [0, 0.1) is 6.92 Å². The van der Waals surface area contributed by atoms with Crippen LogP contribution in [0.4, 0.5) is 0 Å². The van der Waals surface area contributed by atoms with Gasteiger partial charge in [-0.3, -0.25) is 4.68 Å². The van der Waals surface area contributed by atoms with Crippen LogP contribution < -0.4 is 0 Å². The number of nitrogens with zero attached hydrogens (tertiary/aromatic N) is 2. The SMILES string of the molecule is CC.CCCCC(CC)c1cnn(CC)c1C. The maximum absolute atomic E-state index is 4.43. The van der Waals surface area contributed by atoms with E-state index in [1.807, 2.05) is 13.8 Å². The molecule has 2 heteroatoms. The summed E-state index contributed by atoms with van der Waals surface area (Å²) < 4.78 is 2.10. The lowest BCUT2D eigenvalue weighted by Crippen LogP contribution is -2.02. The monoisotopic (exact) mass is 238 g/mol. The Kier molecular flexibility index (Phi) is 8.83. The minimum atomic E-state index is 0.713. The molecule has 100 valence electrons. The second-order valence-electron chi connectivity index (χ2n) is 4.25. The Morgan fingerprint density at radius 3 is 2.29 bits per heavy atom. The van der Waals surface area contributed by atoms with Gasteiger partial charge in [-0.15, -0.1) is 0 Å². The van der Waals surface area contributed by atoms with E-state index in [0.29, 0.717) is 5.92 Å². The zero-order chi connectivity index (χ0) is 13.3. The van der Waals surface area contributed by atoms with E-state index in [4.69, 9.17) is 0 Å². The van der Waals surface area contributed by atoms with Crippen LogP contribution >= 0.6 is 0 Å². The van der Waals surface area contributed by atoms with E-state index in [9.17, 15) is 0 Å². The molecule has 0 radical (unpaired) electrons. The molecule has 1 rings (SSSR count). The Bertz CT molecular complexity index is 289. The van der Waals surface area contributed by atoms with Crippen molar-refractivity contribution in [3.8, 4) is 0 Å². The molecule has 0 saturated heterocycles. The lowest BCUT2D eigenvalue weighted by Gasteiger charge is -2.14. The van der Waals surface area contributed by atoms with Gasteiger partial charge in [0.25, 0.3) is 0 Å². The third-order valence-corrected chi connectivity index (χ3v) is 3.28. The van der Waals surface area contributed by atoms with Crippen LogP contribution in [-0.4, -0.2) is 9.78 Å². The number of hydrogen-bond acceptors (Lipinski definition) is 1. The Balaban J connectivity index is 0.00000121. The lowest BCUT2D eigenvalue weighted by atomic mass is 9.92. The summed E-state index contributed by atoms with van der Waals surface area (Å²) in [5, 5.41) is 4.43. The van der Waals surface area contributed by atoms with Gasteiger partial charge in [-0.05, 0) is 38.2 Å². The minimum Gasteiger partial charge on any atom is -0.270 e. The smallest absolute Gasteiger partial charge is 0.0527 e. The summed E-state index contributed by atoms with van der Waals surface area (Å²) in [6.45, 7) is 13.9. The molecule has 1 atom stereocenters. The first-order valence-electron chi connectivity index (χ1n) is 7.26. The Labute approximate surface area is 107 Å². The van der Waals surface area contributed by atoms with Crippen LogP contribution in [-0.2, 0) is 6.54 Å². The minimum absolute atomic E-state index is 0.713. The van der Waals surface area contributed by atoms with E-state index < -0.39 is 0 Å². The number of rotatable bonds is 6. The van der Waals surface area contributed by atoms with Crippen molar-refractivity contribution in [1.29, 1.82) is 0 Å². The molecule has 0 saturated carbocycles. The molecular formula is C15H30N2. The van der Waals surface area contributed by atoms with Crippen molar-refractivity contribution in [2.24, 2.45) is 0 Å². The van der Waals surface area contributed by atoms with Crippen molar-refractivity contribution in [3.05, 3.63) is 17.5 Å². The highest BCUT2D eigenvalue weighted by molar-refractivity contribution is 5.21. The van der Waals surface area contributed by atoms with Crippen molar-refractivity contribution < 1.29 is 0 Å². The first-order chi connectivity index (χ1) is 8.24. The summed E-state index contributed by atoms with van der Waals surface area (Å²) in [6, 6.07) is 0. The highest BCUT2D eigenvalue weighted by atomic mass is 15.3. The molecule has 0 bridgehead atoms. The predicted molar refractivity (Wildman–Crippen MR) is 76.5 cm³/mol. The molecule has 0 fully saturated rings. The number of unbranched alkanes of at least 4 members (excludes halogenated alkanes) is 1. The molecule has 1 aromatic heterocycles. The molecule has 0 N–H and O–H groups in total. The number of hydrogen-bond donors (Lipinski definition) is 0. The van der Waals surface area contributed by atoms with Crippen molar-refractivity contribution in [1.82, 2.24) is 9.78 Å². The van der Waals surface area contributed by atoms with Gasteiger partial charge in [-0.2, -0.15) is 5.10 Å². The molecule has 2 nitrogen and oxygen atoms in total. The standard InChI is InChI=1S/C13H24N2.C2H6/c1-5-8-9-12(6-2)13-10-14-15(7-3)11(13)4;1-2/h10,12H,5-9H2,1-4H3;1-2H3. The summed E-state index contributed by atoms with van der Waals surface area (Å²) >= 11 is 0. The van der Waals surface area contributed by atoms with E-state index in [0.717, 1.165) is 6.54 Å². The van der Waals surface area contributed by atoms with Crippen molar-refractivity contribution >= 4 is 0 Å². The van der Waals surface area contributed by atoms with Gasteiger partial charge in [0.2, 0.25) is 0 Å². The molecule has 1 unspecified atom stereocenters. The highest BCUT2D eigenvalue weighted by Crippen LogP contribution is 2.27. The van der Waals surface area contributed by atoms with Gasteiger partial charge in [-0.25, -0.2) is 0 Å². The lowest BCUT2D eigenvalue weighted by molar-refractivity contribution is 0.563. The molecule has 0 aliphatic rings. The fourth-order valence-electron chi connectivity index (χ4n) is 2.21. The molecule has 17 heavy (non-hydrogen) atoms. The summed E-state index contributed by atoms with van der Waals surface area (Å²) in [5.41, 5.74) is 2.83. The van der Waals surface area contributed by atoms with Crippen LogP contribution in [0.3, 0.4) is 0 Å². The van der Waals surface area contributed by atoms with Crippen molar-refractivity contribution in [2.45, 2.75) is 79.7 Å². The van der Waals surface area contributed by atoms with Gasteiger partial charge < -0.3 is 0 Å². The Morgan fingerprint density at radius 1 is 1.24 bits per heavy atom. The molecule has 1 heterocycles. The third kappa shape index (κ3) is 4.53. The highest BCUT2D eigenvalue weighted by Gasteiger charge is 2.14. The van der Waals surface area contributed by atoms with E-state index in [-0.39, 0.29) is 0 Å². The van der Waals surface area contributed by atoms with Crippen LogP contribution in [0.1, 0.15) is 77.5 Å². The van der Waals surface area contributed by atoms with Crippen LogP contribution in [0.25, 0.3) is 0 Å². The fraction of sp³-hybridized carbons (Fsp3) is 0.800. The van der Waals surface area contributed by atoms with E-state index >= 15 is 0 Å². The summed E-state index contributed by atoms with van der Waals surface area (Å²) in [6.07, 6.45) is 7.23. The molecule has 1 aromatic rings. The van der Waals surface area contributed by atoms with Gasteiger partial charge in [0.05, 0.1) is 6.20 Å². The van der Waals surface area contributed by atoms with Gasteiger partial charge in [0.1, 0.15) is 0 Å². The average molecular weight is 238 g/mol. The van der Waals surface area contributed by atoms with E-state index in [1.54, 1.807) is 0 Å². The second-order valence-corrected chi connectivity index (χ2v) is 4.25. The van der Waals surface area contributed by atoms with Crippen LogP contribution in [0.5, 0.6) is 0 Å². The topological polar surface area (TPSA) is 17.8 Å². The number of aryl methyl sites for hydroxylation is 1. The zero-order valence-corrected chi connectivity index (χ0v) is 12.6. The normalized spacial score (nSPS) is 11.9. The van der Waals surface area contributed by atoms with Crippen molar-refractivity contribution in [2.75, 3.05) is 0 Å². The summed E-state index contributed by atoms with van der Waals surface area (Å²) in [7, 11) is 0. The number of aromatic nitrogens is 2. The van der Waals surface area contributed by atoms with Gasteiger partial charge in [0, 0.05) is 12.2 Å². The third-order valence-electron chi connectivity index (χ3n) is 3.28. The molecular weight excluding hydrogens is 208 g/mol. The molecule has 0 spiro atoms. The fourth-order valence-corrected chi connectivity index (χ4v) is 2.21.